The molecule has 0 radical (unpaired) electrons. The van der Waals surface area contributed by atoms with E-state index in [9.17, 15) is 0 Å². The van der Waals surface area contributed by atoms with Crippen molar-refractivity contribution < 1.29 is 0 Å². The molecule has 4 rings (SSSR count). The molecule has 1 aromatic carbocycles. The molecule has 0 spiro atoms. The Hall–Kier alpha value is -1.29. The third-order valence-corrected chi connectivity index (χ3v) is 6.94. The molecule has 130 valence electrons. The molecule has 2 aromatic heterocycles. The van der Waals surface area contributed by atoms with Crippen molar-refractivity contribution in [2.75, 3.05) is 5.32 Å². The van der Waals surface area contributed by atoms with Crippen molar-refractivity contribution >= 4 is 50.4 Å². The van der Waals surface area contributed by atoms with Crippen molar-refractivity contribution in [2.45, 2.75) is 44.6 Å². The Morgan fingerprint density at radius 2 is 1.84 bits per heavy atom. The minimum atomic E-state index is 0.484. The number of fused-ring (bicyclic) bond motifs is 1. The Morgan fingerprint density at radius 3 is 2.60 bits per heavy atom. The van der Waals surface area contributed by atoms with Crippen LogP contribution < -0.4 is 5.32 Å². The minimum Gasteiger partial charge on any atom is -0.380 e. The third-order valence-electron chi connectivity index (χ3n) is 4.88. The number of rotatable bonds is 4. The van der Waals surface area contributed by atoms with E-state index in [4.69, 9.17) is 23.2 Å². The standard InChI is InChI=1S/C20H20Cl2N2S/c21-16-11-15(23-12-13-7-3-1-4-8-13)20-18(24-16)17(22)19(25-20)14-9-5-2-6-10-14/h1,3-4,7-8,11,14H,2,5-6,9-10,12H2,(H,23,24). The lowest BCUT2D eigenvalue weighted by Crippen LogP contribution is -2.02. The van der Waals surface area contributed by atoms with E-state index in [-0.39, 0.29) is 0 Å². The van der Waals surface area contributed by atoms with E-state index in [2.05, 4.69) is 34.6 Å². The summed E-state index contributed by atoms with van der Waals surface area (Å²) >= 11 is 14.8. The van der Waals surface area contributed by atoms with Crippen LogP contribution in [0.15, 0.2) is 36.4 Å². The van der Waals surface area contributed by atoms with Crippen molar-refractivity contribution in [1.82, 2.24) is 4.98 Å². The van der Waals surface area contributed by atoms with Crippen LogP contribution >= 0.6 is 34.5 Å². The molecular formula is C20H20Cl2N2S. The smallest absolute Gasteiger partial charge is 0.131 e. The molecule has 0 aliphatic heterocycles. The molecule has 1 aliphatic rings. The number of hydrogen-bond acceptors (Lipinski definition) is 3. The van der Waals surface area contributed by atoms with Gasteiger partial charge in [0.1, 0.15) is 10.7 Å². The van der Waals surface area contributed by atoms with E-state index < -0.39 is 0 Å². The molecule has 1 saturated carbocycles. The van der Waals surface area contributed by atoms with Crippen LogP contribution in [0.25, 0.3) is 10.2 Å². The number of nitrogens with zero attached hydrogens (tertiary/aromatic N) is 1. The van der Waals surface area contributed by atoms with E-state index in [1.165, 1.54) is 42.5 Å². The number of pyridine rings is 1. The SMILES string of the molecule is Clc1cc(NCc2ccccc2)c2sc(C3CCCCC3)c(Cl)c2n1. The van der Waals surface area contributed by atoms with Crippen LogP contribution in [-0.2, 0) is 6.54 Å². The number of benzene rings is 1. The zero-order valence-corrected chi connectivity index (χ0v) is 16.2. The highest BCUT2D eigenvalue weighted by Crippen LogP contribution is 2.46. The van der Waals surface area contributed by atoms with Gasteiger partial charge in [-0.2, -0.15) is 0 Å². The normalized spacial score (nSPS) is 15.6. The van der Waals surface area contributed by atoms with Crippen LogP contribution in [0, 0.1) is 0 Å². The number of nitrogens with one attached hydrogen (secondary N) is 1. The summed E-state index contributed by atoms with van der Waals surface area (Å²) < 4.78 is 1.12. The number of aromatic nitrogens is 1. The molecule has 0 amide bonds. The molecule has 1 N–H and O–H groups in total. The predicted molar refractivity (Wildman–Crippen MR) is 109 cm³/mol. The highest BCUT2D eigenvalue weighted by molar-refractivity contribution is 7.20. The van der Waals surface area contributed by atoms with Gasteiger partial charge in [-0.1, -0.05) is 72.8 Å². The highest BCUT2D eigenvalue weighted by atomic mass is 35.5. The van der Waals surface area contributed by atoms with E-state index in [1.54, 1.807) is 11.3 Å². The molecule has 0 atom stereocenters. The van der Waals surface area contributed by atoms with Gasteiger partial charge in [-0.25, -0.2) is 4.98 Å². The summed E-state index contributed by atoms with van der Waals surface area (Å²) in [6.45, 7) is 0.755. The lowest BCUT2D eigenvalue weighted by atomic mass is 9.88. The molecule has 0 unspecified atom stereocenters. The molecule has 1 aliphatic carbocycles. The van der Waals surface area contributed by atoms with Gasteiger partial charge in [-0.05, 0) is 24.3 Å². The van der Waals surface area contributed by atoms with Crippen molar-refractivity contribution in [3.8, 4) is 0 Å². The molecule has 5 heteroatoms. The van der Waals surface area contributed by atoms with Crippen LogP contribution in [0.5, 0.6) is 0 Å². The molecule has 1 fully saturated rings. The third kappa shape index (κ3) is 3.64. The Kier molecular flexibility index (Phi) is 5.16. The van der Waals surface area contributed by atoms with Gasteiger partial charge >= 0.3 is 0 Å². The Morgan fingerprint density at radius 1 is 1.08 bits per heavy atom. The molecule has 2 nitrogen and oxygen atoms in total. The van der Waals surface area contributed by atoms with Crippen molar-refractivity contribution in [2.24, 2.45) is 0 Å². The average molecular weight is 391 g/mol. The number of halogens is 2. The summed E-state index contributed by atoms with van der Waals surface area (Å²) in [5.41, 5.74) is 3.10. The first-order valence-electron chi connectivity index (χ1n) is 8.78. The first-order chi connectivity index (χ1) is 12.2. The van der Waals surface area contributed by atoms with Gasteiger partial charge < -0.3 is 5.32 Å². The van der Waals surface area contributed by atoms with E-state index in [1.807, 2.05) is 12.1 Å². The first-order valence-corrected chi connectivity index (χ1v) is 10.4. The van der Waals surface area contributed by atoms with Gasteiger partial charge in [0.25, 0.3) is 0 Å². The monoisotopic (exact) mass is 390 g/mol. The highest BCUT2D eigenvalue weighted by Gasteiger charge is 2.24. The number of anilines is 1. The zero-order chi connectivity index (χ0) is 17.2. The summed E-state index contributed by atoms with van der Waals surface area (Å²) in [5.74, 6) is 0.571. The van der Waals surface area contributed by atoms with E-state index >= 15 is 0 Å². The van der Waals surface area contributed by atoms with Crippen LogP contribution in [-0.4, -0.2) is 4.98 Å². The van der Waals surface area contributed by atoms with E-state index in [0.717, 1.165) is 27.5 Å². The fourth-order valence-corrected chi connectivity index (χ4v) is 5.53. The molecular weight excluding hydrogens is 371 g/mol. The summed E-state index contributed by atoms with van der Waals surface area (Å²) in [6.07, 6.45) is 6.39. The maximum atomic E-state index is 6.71. The summed E-state index contributed by atoms with van der Waals surface area (Å²) in [6, 6.07) is 12.3. The van der Waals surface area contributed by atoms with Crippen molar-refractivity contribution in [3.63, 3.8) is 0 Å². The van der Waals surface area contributed by atoms with Crippen molar-refractivity contribution in [3.05, 3.63) is 57.0 Å². The summed E-state index contributed by atoms with van der Waals surface area (Å²) in [7, 11) is 0. The minimum absolute atomic E-state index is 0.484. The molecule has 2 heterocycles. The Bertz CT molecular complexity index is 870. The topological polar surface area (TPSA) is 24.9 Å². The lowest BCUT2D eigenvalue weighted by Gasteiger charge is -2.20. The molecule has 0 saturated heterocycles. The zero-order valence-electron chi connectivity index (χ0n) is 13.9. The molecule has 25 heavy (non-hydrogen) atoms. The first kappa shape index (κ1) is 17.1. The van der Waals surface area contributed by atoms with Gasteiger partial charge in [0.15, 0.2) is 0 Å². The molecule has 3 aromatic rings. The summed E-state index contributed by atoms with van der Waals surface area (Å²) in [5, 5.41) is 4.80. The van der Waals surface area contributed by atoms with Gasteiger partial charge in [-0.3, -0.25) is 0 Å². The largest absolute Gasteiger partial charge is 0.380 e. The van der Waals surface area contributed by atoms with Crippen LogP contribution in [0.4, 0.5) is 5.69 Å². The maximum absolute atomic E-state index is 6.71. The van der Waals surface area contributed by atoms with Gasteiger partial charge in [0, 0.05) is 17.5 Å². The fraction of sp³-hybridized carbons (Fsp3) is 0.350. The van der Waals surface area contributed by atoms with Gasteiger partial charge in [0.05, 0.1) is 15.4 Å². The quantitative estimate of drug-likeness (QED) is 0.473. The van der Waals surface area contributed by atoms with E-state index in [0.29, 0.717) is 11.1 Å². The molecule has 0 bridgehead atoms. The fourth-order valence-electron chi connectivity index (χ4n) is 3.58. The maximum Gasteiger partial charge on any atom is 0.131 e. The van der Waals surface area contributed by atoms with Crippen LogP contribution in [0.3, 0.4) is 0 Å². The van der Waals surface area contributed by atoms with Crippen LogP contribution in [0.1, 0.15) is 48.5 Å². The predicted octanol–water partition coefficient (Wildman–Crippen LogP) is 7.26. The Balaban J connectivity index is 1.68. The second-order valence-corrected chi connectivity index (χ2v) is 8.44. The van der Waals surface area contributed by atoms with Crippen LogP contribution in [0.2, 0.25) is 10.2 Å². The van der Waals surface area contributed by atoms with Gasteiger partial charge in [-0.15, -0.1) is 11.3 Å². The lowest BCUT2D eigenvalue weighted by molar-refractivity contribution is 0.448. The van der Waals surface area contributed by atoms with Gasteiger partial charge in [0.2, 0.25) is 0 Å². The average Bonchev–Trinajstić information content (AvgIpc) is 2.98. The van der Waals surface area contributed by atoms with Crippen molar-refractivity contribution in [1.29, 1.82) is 0 Å². The second kappa shape index (κ2) is 7.53. The second-order valence-electron chi connectivity index (χ2n) is 6.62. The number of hydrogen-bond donors (Lipinski definition) is 1. The summed E-state index contributed by atoms with van der Waals surface area (Å²) in [4.78, 5) is 5.80. The Labute approximate surface area is 162 Å². The number of thiophene rings is 1.